The van der Waals surface area contributed by atoms with Gasteiger partial charge in [-0.3, -0.25) is 4.79 Å². The van der Waals surface area contributed by atoms with Crippen molar-refractivity contribution in [1.82, 2.24) is 10.2 Å². The van der Waals surface area contributed by atoms with E-state index in [2.05, 4.69) is 5.32 Å². The lowest BCUT2D eigenvalue weighted by Crippen LogP contribution is -2.45. The molecule has 0 spiro atoms. The van der Waals surface area contributed by atoms with Gasteiger partial charge in [-0.05, 0) is 49.3 Å². The third kappa shape index (κ3) is 5.88. The summed E-state index contributed by atoms with van der Waals surface area (Å²) in [5, 5.41) is 2.89. The molecule has 1 aliphatic rings. The molecule has 0 radical (unpaired) electrons. The minimum Gasteiger partial charge on any atom is -0.370 e. The smallest absolute Gasteiger partial charge is 0.317 e. The van der Waals surface area contributed by atoms with Crippen LogP contribution >= 0.6 is 0 Å². The van der Waals surface area contributed by atoms with Crippen LogP contribution in [0.4, 0.5) is 9.18 Å². The van der Waals surface area contributed by atoms with Crippen LogP contribution in [-0.2, 0) is 11.2 Å². The van der Waals surface area contributed by atoms with Crippen LogP contribution in [0.25, 0.3) is 0 Å². The van der Waals surface area contributed by atoms with Crippen molar-refractivity contribution < 1.29 is 14.0 Å². The lowest BCUT2D eigenvalue weighted by atomic mass is 9.93. The zero-order chi connectivity index (χ0) is 16.7. The SMILES string of the molecule is NC(=O)CC1CCN(C(=O)NCCCc2cccc(F)c2)CC1. The average Bonchev–Trinajstić information content (AvgIpc) is 2.51. The molecule has 1 aromatic carbocycles. The molecule has 23 heavy (non-hydrogen) atoms. The first-order chi connectivity index (χ1) is 11.0. The summed E-state index contributed by atoms with van der Waals surface area (Å²) in [6, 6.07) is 6.45. The minimum atomic E-state index is -0.273. The highest BCUT2D eigenvalue weighted by Crippen LogP contribution is 2.20. The molecule has 1 aromatic rings. The molecule has 3 amide bonds. The van der Waals surface area contributed by atoms with E-state index < -0.39 is 0 Å². The first-order valence-corrected chi connectivity index (χ1v) is 8.10. The highest BCUT2D eigenvalue weighted by molar-refractivity contribution is 5.75. The molecule has 5 nitrogen and oxygen atoms in total. The predicted molar refractivity (Wildman–Crippen MR) is 86.2 cm³/mol. The molecule has 0 bridgehead atoms. The standard InChI is InChI=1S/C17H24FN3O2/c18-15-5-1-3-13(11-15)4-2-8-20-17(23)21-9-6-14(7-10-21)12-16(19)22/h1,3,5,11,14H,2,4,6-10,12H2,(H2,19,22)(H,20,23). The van der Waals surface area contributed by atoms with E-state index in [0.29, 0.717) is 32.0 Å². The Labute approximate surface area is 136 Å². The second-order valence-corrected chi connectivity index (χ2v) is 6.07. The number of halogens is 1. The van der Waals surface area contributed by atoms with Crippen molar-refractivity contribution >= 4 is 11.9 Å². The number of carbonyl (C=O) groups excluding carboxylic acids is 2. The fourth-order valence-electron chi connectivity index (χ4n) is 2.92. The van der Waals surface area contributed by atoms with Crippen molar-refractivity contribution in [3.8, 4) is 0 Å². The number of nitrogens with zero attached hydrogens (tertiary/aromatic N) is 1. The Morgan fingerprint density at radius 2 is 2.04 bits per heavy atom. The normalized spacial score (nSPS) is 15.4. The van der Waals surface area contributed by atoms with Crippen LogP contribution in [0.2, 0.25) is 0 Å². The van der Waals surface area contributed by atoms with Gasteiger partial charge in [-0.25, -0.2) is 9.18 Å². The summed E-state index contributed by atoms with van der Waals surface area (Å²) >= 11 is 0. The molecule has 1 heterocycles. The summed E-state index contributed by atoms with van der Waals surface area (Å²) in [4.78, 5) is 24.7. The first-order valence-electron chi connectivity index (χ1n) is 8.10. The maximum atomic E-state index is 13.1. The van der Waals surface area contributed by atoms with E-state index in [1.165, 1.54) is 12.1 Å². The number of nitrogens with one attached hydrogen (secondary N) is 1. The zero-order valence-electron chi connectivity index (χ0n) is 13.3. The number of benzene rings is 1. The van der Waals surface area contributed by atoms with E-state index >= 15 is 0 Å². The third-order valence-electron chi connectivity index (χ3n) is 4.20. The summed E-state index contributed by atoms with van der Waals surface area (Å²) in [6.07, 6.45) is 3.55. The van der Waals surface area contributed by atoms with Gasteiger partial charge in [0.1, 0.15) is 5.82 Å². The van der Waals surface area contributed by atoms with Gasteiger partial charge in [0.2, 0.25) is 5.91 Å². The first kappa shape index (κ1) is 17.2. The molecule has 0 aromatic heterocycles. The van der Waals surface area contributed by atoms with Gasteiger partial charge in [0.15, 0.2) is 0 Å². The minimum absolute atomic E-state index is 0.0678. The molecular formula is C17H24FN3O2. The van der Waals surface area contributed by atoms with Crippen LogP contribution in [0, 0.1) is 11.7 Å². The molecule has 1 fully saturated rings. The summed E-state index contributed by atoms with van der Waals surface area (Å²) in [5.41, 5.74) is 6.14. The third-order valence-corrected chi connectivity index (χ3v) is 4.20. The number of likely N-dealkylation sites (tertiary alicyclic amines) is 1. The molecule has 1 saturated heterocycles. The maximum absolute atomic E-state index is 13.1. The van der Waals surface area contributed by atoms with Crippen molar-refractivity contribution in [2.75, 3.05) is 19.6 Å². The van der Waals surface area contributed by atoms with Crippen LogP contribution in [-0.4, -0.2) is 36.5 Å². The van der Waals surface area contributed by atoms with Crippen LogP contribution in [0.3, 0.4) is 0 Å². The number of rotatable bonds is 6. The van der Waals surface area contributed by atoms with Gasteiger partial charge in [0.25, 0.3) is 0 Å². The number of urea groups is 1. The van der Waals surface area contributed by atoms with Crippen LogP contribution in [0.5, 0.6) is 0 Å². The Kier molecular flexibility index (Phi) is 6.38. The monoisotopic (exact) mass is 321 g/mol. The Morgan fingerprint density at radius 1 is 1.30 bits per heavy atom. The number of piperidine rings is 1. The maximum Gasteiger partial charge on any atom is 0.317 e. The second-order valence-electron chi connectivity index (χ2n) is 6.07. The number of carbonyl (C=O) groups is 2. The molecule has 0 unspecified atom stereocenters. The van der Waals surface area contributed by atoms with Gasteiger partial charge in [0, 0.05) is 26.1 Å². The fourth-order valence-corrected chi connectivity index (χ4v) is 2.92. The van der Waals surface area contributed by atoms with Gasteiger partial charge in [-0.1, -0.05) is 12.1 Å². The average molecular weight is 321 g/mol. The van der Waals surface area contributed by atoms with Crippen LogP contribution in [0.1, 0.15) is 31.2 Å². The predicted octanol–water partition coefficient (Wildman–Crippen LogP) is 2.06. The Morgan fingerprint density at radius 3 is 2.70 bits per heavy atom. The van der Waals surface area contributed by atoms with Crippen molar-refractivity contribution in [2.45, 2.75) is 32.1 Å². The van der Waals surface area contributed by atoms with Gasteiger partial charge in [-0.2, -0.15) is 0 Å². The van der Waals surface area contributed by atoms with E-state index in [9.17, 15) is 14.0 Å². The highest BCUT2D eigenvalue weighted by atomic mass is 19.1. The number of primary amides is 1. The molecule has 6 heteroatoms. The quantitative estimate of drug-likeness (QED) is 0.787. The van der Waals surface area contributed by atoms with Crippen molar-refractivity contribution in [3.63, 3.8) is 0 Å². The molecule has 1 aliphatic heterocycles. The number of hydrogen-bond donors (Lipinski definition) is 2. The van der Waals surface area contributed by atoms with Crippen molar-refractivity contribution in [2.24, 2.45) is 11.7 Å². The number of amides is 3. The van der Waals surface area contributed by atoms with Crippen molar-refractivity contribution in [1.29, 1.82) is 0 Å². The lowest BCUT2D eigenvalue weighted by molar-refractivity contribution is -0.119. The van der Waals surface area contributed by atoms with Crippen LogP contribution < -0.4 is 11.1 Å². The Bertz CT molecular complexity index is 542. The van der Waals surface area contributed by atoms with E-state index in [0.717, 1.165) is 31.2 Å². The van der Waals surface area contributed by atoms with E-state index in [-0.39, 0.29) is 17.8 Å². The highest BCUT2D eigenvalue weighted by Gasteiger charge is 2.23. The van der Waals surface area contributed by atoms with Gasteiger partial charge < -0.3 is 16.0 Å². The van der Waals surface area contributed by atoms with E-state index in [1.807, 2.05) is 6.07 Å². The van der Waals surface area contributed by atoms with E-state index in [1.54, 1.807) is 11.0 Å². The molecule has 126 valence electrons. The summed E-state index contributed by atoms with van der Waals surface area (Å²) in [6.45, 7) is 1.89. The summed E-state index contributed by atoms with van der Waals surface area (Å²) < 4.78 is 13.1. The summed E-state index contributed by atoms with van der Waals surface area (Å²) in [7, 11) is 0. The Hall–Kier alpha value is -2.11. The largest absolute Gasteiger partial charge is 0.370 e. The van der Waals surface area contributed by atoms with Gasteiger partial charge in [-0.15, -0.1) is 0 Å². The molecule has 0 atom stereocenters. The molecule has 2 rings (SSSR count). The van der Waals surface area contributed by atoms with Gasteiger partial charge >= 0.3 is 6.03 Å². The number of nitrogens with two attached hydrogens (primary N) is 1. The zero-order valence-corrected chi connectivity index (χ0v) is 13.3. The number of aryl methyl sites for hydroxylation is 1. The van der Waals surface area contributed by atoms with Crippen LogP contribution in [0.15, 0.2) is 24.3 Å². The molecule has 0 saturated carbocycles. The second kappa shape index (κ2) is 8.50. The Balaban J connectivity index is 1.63. The van der Waals surface area contributed by atoms with Crippen molar-refractivity contribution in [3.05, 3.63) is 35.6 Å². The molecular weight excluding hydrogens is 297 g/mol. The molecule has 0 aliphatic carbocycles. The molecule has 3 N–H and O–H groups in total. The topological polar surface area (TPSA) is 75.4 Å². The fraction of sp³-hybridized carbons (Fsp3) is 0.529. The lowest BCUT2D eigenvalue weighted by Gasteiger charge is -2.31. The summed E-state index contributed by atoms with van der Waals surface area (Å²) in [5.74, 6) is -0.208. The van der Waals surface area contributed by atoms with Gasteiger partial charge in [0.05, 0.1) is 0 Å². The number of hydrogen-bond acceptors (Lipinski definition) is 2. The van der Waals surface area contributed by atoms with E-state index in [4.69, 9.17) is 5.73 Å².